The lowest BCUT2D eigenvalue weighted by atomic mass is 10.2. The minimum Gasteiger partial charge on any atom is -0.348 e. The Balaban J connectivity index is 1.29. The molecule has 0 bridgehead atoms. The molecule has 3 heterocycles. The molecule has 0 saturated heterocycles. The molecule has 0 unspecified atom stereocenters. The molecule has 34 heavy (non-hydrogen) atoms. The average molecular weight is 476 g/mol. The van der Waals surface area contributed by atoms with Gasteiger partial charge >= 0.3 is 0 Å². The van der Waals surface area contributed by atoms with Crippen molar-refractivity contribution < 1.29 is 17.6 Å². The molecule has 0 spiro atoms. The second-order valence-electron chi connectivity index (χ2n) is 7.43. The monoisotopic (exact) mass is 476 g/mol. The van der Waals surface area contributed by atoms with E-state index in [1.165, 1.54) is 41.3 Å². The van der Waals surface area contributed by atoms with Crippen LogP contribution in [0.2, 0.25) is 0 Å². The Hall–Kier alpha value is -4.38. The van der Waals surface area contributed by atoms with Crippen molar-refractivity contribution >= 4 is 26.8 Å². The van der Waals surface area contributed by atoms with E-state index in [-0.39, 0.29) is 27.9 Å². The Labute approximate surface area is 193 Å². The molecule has 0 aliphatic heterocycles. The predicted octanol–water partition coefficient (Wildman–Crippen LogP) is 3.05. The van der Waals surface area contributed by atoms with Crippen molar-refractivity contribution in [2.45, 2.75) is 16.3 Å². The number of H-pyrrole nitrogens is 1. The number of sulfone groups is 1. The summed E-state index contributed by atoms with van der Waals surface area (Å²) in [6.07, 6.45) is 6.09. The molecule has 0 aliphatic rings. The summed E-state index contributed by atoms with van der Waals surface area (Å²) in [7, 11) is -3.93. The number of pyridine rings is 1. The fourth-order valence-electron chi connectivity index (χ4n) is 3.42. The lowest BCUT2D eigenvalue weighted by molar-refractivity contribution is 0.0950. The number of aromatic amines is 1. The Morgan fingerprint density at radius 2 is 1.85 bits per heavy atom. The minimum absolute atomic E-state index is 0.0171. The molecule has 2 N–H and O–H groups in total. The van der Waals surface area contributed by atoms with Gasteiger partial charge in [0.05, 0.1) is 21.6 Å². The number of nitrogens with one attached hydrogen (secondary N) is 2. The van der Waals surface area contributed by atoms with Crippen LogP contribution in [0.1, 0.15) is 15.9 Å². The van der Waals surface area contributed by atoms with Gasteiger partial charge in [-0.3, -0.25) is 9.89 Å². The van der Waals surface area contributed by atoms with Crippen LogP contribution in [0.25, 0.3) is 16.7 Å². The van der Waals surface area contributed by atoms with Crippen LogP contribution in [0.3, 0.4) is 0 Å². The van der Waals surface area contributed by atoms with E-state index in [1.54, 1.807) is 36.7 Å². The zero-order valence-electron chi connectivity index (χ0n) is 17.5. The van der Waals surface area contributed by atoms with Gasteiger partial charge in [-0.15, -0.1) is 0 Å². The maximum absolute atomic E-state index is 14.5. The molecule has 0 aliphatic carbocycles. The number of benzene rings is 2. The summed E-state index contributed by atoms with van der Waals surface area (Å²) in [5.41, 5.74) is 1.82. The Bertz CT molecular complexity index is 1600. The van der Waals surface area contributed by atoms with Crippen molar-refractivity contribution in [1.29, 1.82) is 0 Å². The van der Waals surface area contributed by atoms with Crippen LogP contribution in [-0.4, -0.2) is 39.3 Å². The van der Waals surface area contributed by atoms with Crippen molar-refractivity contribution in [3.63, 3.8) is 0 Å². The summed E-state index contributed by atoms with van der Waals surface area (Å²) in [6, 6.07) is 13.0. The van der Waals surface area contributed by atoms with Gasteiger partial charge < -0.3 is 5.32 Å². The molecule has 5 aromatic rings. The summed E-state index contributed by atoms with van der Waals surface area (Å²) in [5, 5.41) is 14.0. The lowest BCUT2D eigenvalue weighted by Crippen LogP contribution is -2.22. The largest absolute Gasteiger partial charge is 0.348 e. The second kappa shape index (κ2) is 8.52. The smallest absolute Gasteiger partial charge is 0.253 e. The van der Waals surface area contributed by atoms with Crippen molar-refractivity contribution in [3.8, 4) is 5.69 Å². The molecule has 0 atom stereocenters. The minimum atomic E-state index is -3.93. The Kier molecular flexibility index (Phi) is 5.38. The summed E-state index contributed by atoms with van der Waals surface area (Å²) < 4.78 is 41.8. The summed E-state index contributed by atoms with van der Waals surface area (Å²) in [6.45, 7) is 0.190. The zero-order chi connectivity index (χ0) is 23.7. The molecule has 2 aromatic carbocycles. The van der Waals surface area contributed by atoms with Gasteiger partial charge in [-0.05, 0) is 48.0 Å². The highest BCUT2D eigenvalue weighted by Crippen LogP contribution is 2.24. The van der Waals surface area contributed by atoms with Gasteiger partial charge in [0.2, 0.25) is 9.84 Å². The van der Waals surface area contributed by atoms with E-state index in [0.29, 0.717) is 16.8 Å². The van der Waals surface area contributed by atoms with Crippen LogP contribution in [0.5, 0.6) is 0 Å². The number of rotatable bonds is 6. The fourth-order valence-corrected chi connectivity index (χ4v) is 4.69. The van der Waals surface area contributed by atoms with E-state index in [0.717, 1.165) is 11.5 Å². The fraction of sp³-hybridized carbons (Fsp3) is 0.0435. The van der Waals surface area contributed by atoms with E-state index < -0.39 is 15.7 Å². The van der Waals surface area contributed by atoms with Gasteiger partial charge in [0, 0.05) is 30.5 Å². The number of carbonyl (C=O) groups is 1. The predicted molar refractivity (Wildman–Crippen MR) is 120 cm³/mol. The number of hydrogen-bond donors (Lipinski definition) is 2. The molecule has 0 fully saturated rings. The Morgan fingerprint density at radius 3 is 2.59 bits per heavy atom. The van der Waals surface area contributed by atoms with E-state index in [4.69, 9.17) is 0 Å². The first-order valence-corrected chi connectivity index (χ1v) is 11.6. The third-order valence-electron chi connectivity index (χ3n) is 5.22. The molecule has 9 nitrogen and oxygen atoms in total. The van der Waals surface area contributed by atoms with Crippen molar-refractivity contribution in [1.82, 2.24) is 30.3 Å². The van der Waals surface area contributed by atoms with Crippen LogP contribution in [0, 0.1) is 5.82 Å². The van der Waals surface area contributed by atoms with E-state index >= 15 is 0 Å². The van der Waals surface area contributed by atoms with Crippen molar-refractivity contribution in [2.75, 3.05) is 0 Å². The average Bonchev–Trinajstić information content (AvgIpc) is 3.54. The standard InChI is InChI=1S/C23H17FN6O3S/c24-20-11-19(6-7-21(20)30-9-1-8-28-30)34(32,33)18-4-2-15(3-5-18)12-26-23(31)17-10-16-14-27-29-22(16)25-13-17/h1-11,13-14H,12H2,(H,26,31)(H,25,27,29). The highest BCUT2D eigenvalue weighted by atomic mass is 32.2. The third kappa shape index (κ3) is 4.04. The third-order valence-corrected chi connectivity index (χ3v) is 6.99. The normalized spacial score (nSPS) is 11.6. The van der Waals surface area contributed by atoms with Crippen LogP contribution < -0.4 is 5.32 Å². The van der Waals surface area contributed by atoms with Gasteiger partial charge in [-0.25, -0.2) is 22.5 Å². The number of nitrogens with zero attached hydrogens (tertiary/aromatic N) is 4. The molecule has 0 radical (unpaired) electrons. The van der Waals surface area contributed by atoms with E-state index in [2.05, 4.69) is 25.6 Å². The maximum Gasteiger partial charge on any atom is 0.253 e. The number of halogens is 1. The molecule has 3 aromatic heterocycles. The highest BCUT2D eigenvalue weighted by molar-refractivity contribution is 7.91. The van der Waals surface area contributed by atoms with Crippen molar-refractivity contribution in [3.05, 3.63) is 96.3 Å². The van der Waals surface area contributed by atoms with Crippen LogP contribution in [-0.2, 0) is 16.4 Å². The molecule has 0 saturated carbocycles. The molecule has 1 amide bonds. The van der Waals surface area contributed by atoms with E-state index in [9.17, 15) is 17.6 Å². The number of fused-ring (bicyclic) bond motifs is 1. The van der Waals surface area contributed by atoms with Crippen LogP contribution in [0.4, 0.5) is 4.39 Å². The first-order chi connectivity index (χ1) is 16.4. The highest BCUT2D eigenvalue weighted by Gasteiger charge is 2.20. The molecule has 5 rings (SSSR count). The quantitative estimate of drug-likeness (QED) is 0.388. The van der Waals surface area contributed by atoms with Crippen molar-refractivity contribution in [2.24, 2.45) is 0 Å². The number of amides is 1. The van der Waals surface area contributed by atoms with Gasteiger partial charge in [-0.1, -0.05) is 12.1 Å². The Morgan fingerprint density at radius 1 is 1.06 bits per heavy atom. The van der Waals surface area contributed by atoms with Gasteiger partial charge in [0.25, 0.3) is 5.91 Å². The number of carbonyl (C=O) groups excluding carboxylic acids is 1. The summed E-state index contributed by atoms with van der Waals surface area (Å²) in [4.78, 5) is 16.4. The molecule has 11 heteroatoms. The first kappa shape index (κ1) is 21.5. The second-order valence-corrected chi connectivity index (χ2v) is 9.38. The first-order valence-electron chi connectivity index (χ1n) is 10.1. The molecule has 170 valence electrons. The van der Waals surface area contributed by atoms with Gasteiger partial charge in [0.1, 0.15) is 11.5 Å². The zero-order valence-corrected chi connectivity index (χ0v) is 18.3. The number of hydrogen-bond acceptors (Lipinski definition) is 6. The van der Waals surface area contributed by atoms with Crippen LogP contribution in [0.15, 0.2) is 89.2 Å². The van der Waals surface area contributed by atoms with E-state index in [1.807, 2.05) is 0 Å². The molecular weight excluding hydrogens is 459 g/mol. The number of aromatic nitrogens is 5. The summed E-state index contributed by atoms with van der Waals surface area (Å²) >= 11 is 0. The SMILES string of the molecule is O=C(NCc1ccc(S(=O)(=O)c2ccc(-n3cccn3)c(F)c2)cc1)c1cnc2[nH]ncc2c1. The van der Waals surface area contributed by atoms with Gasteiger partial charge in [-0.2, -0.15) is 10.2 Å². The van der Waals surface area contributed by atoms with Crippen LogP contribution >= 0.6 is 0 Å². The topological polar surface area (TPSA) is 123 Å². The lowest BCUT2D eigenvalue weighted by Gasteiger charge is -2.09. The molecular formula is C23H17FN6O3S. The maximum atomic E-state index is 14.5. The summed E-state index contributed by atoms with van der Waals surface area (Å²) in [5.74, 6) is -1.02. The van der Waals surface area contributed by atoms with Gasteiger partial charge in [0.15, 0.2) is 5.65 Å².